The zero-order chi connectivity index (χ0) is 20.4. The van der Waals surface area contributed by atoms with Gasteiger partial charge in [0, 0.05) is 10.9 Å². The zero-order valence-corrected chi connectivity index (χ0v) is 17.6. The van der Waals surface area contributed by atoms with E-state index in [2.05, 4.69) is 55.8 Å². The molecule has 29 heavy (non-hydrogen) atoms. The van der Waals surface area contributed by atoms with Gasteiger partial charge in [-0.05, 0) is 96.0 Å². The van der Waals surface area contributed by atoms with Crippen LogP contribution in [0.2, 0.25) is 0 Å². The fourth-order valence-corrected chi connectivity index (χ4v) is 4.31. The van der Waals surface area contributed by atoms with E-state index in [-0.39, 0.29) is 11.9 Å². The van der Waals surface area contributed by atoms with E-state index in [4.69, 9.17) is 4.42 Å². The zero-order valence-electron chi connectivity index (χ0n) is 16.8. The topological polar surface area (TPSA) is 25.2 Å². The molecule has 3 aromatic rings. The molecular weight excluding hydrogens is 381 g/mol. The van der Waals surface area contributed by atoms with E-state index in [0.717, 1.165) is 33.6 Å². The Labute approximate surface area is 175 Å². The van der Waals surface area contributed by atoms with Crippen molar-refractivity contribution in [3.63, 3.8) is 0 Å². The minimum absolute atomic E-state index is 0.0606. The number of fused-ring (bicyclic) bond motifs is 1. The molecule has 1 aromatic heterocycles. The van der Waals surface area contributed by atoms with Crippen molar-refractivity contribution in [2.24, 2.45) is 0 Å². The molecule has 0 spiro atoms. The monoisotopic (exact) mass is 405 g/mol. The quantitative estimate of drug-likeness (QED) is 0.465. The van der Waals surface area contributed by atoms with Gasteiger partial charge in [-0.15, -0.1) is 11.8 Å². The summed E-state index contributed by atoms with van der Waals surface area (Å²) in [6, 6.07) is 17.5. The van der Waals surface area contributed by atoms with Crippen LogP contribution in [0.3, 0.4) is 0 Å². The third-order valence-corrected chi connectivity index (χ3v) is 6.14. The van der Waals surface area contributed by atoms with Crippen LogP contribution in [-0.4, -0.2) is 12.3 Å². The highest BCUT2D eigenvalue weighted by molar-refractivity contribution is 7.98. The summed E-state index contributed by atoms with van der Waals surface area (Å²) in [6.07, 6.45) is 5.95. The number of benzene rings is 2. The van der Waals surface area contributed by atoms with E-state index < -0.39 is 0 Å². The molecule has 1 unspecified atom stereocenters. The van der Waals surface area contributed by atoms with Gasteiger partial charge in [-0.1, -0.05) is 18.2 Å². The van der Waals surface area contributed by atoms with Crippen molar-refractivity contribution < 1.29 is 8.81 Å². The minimum Gasteiger partial charge on any atom is -0.468 e. The molecule has 2 aromatic carbocycles. The molecule has 148 valence electrons. The van der Waals surface area contributed by atoms with Gasteiger partial charge in [0.1, 0.15) is 11.6 Å². The summed E-state index contributed by atoms with van der Waals surface area (Å²) in [5.41, 5.74) is 6.66. The Morgan fingerprint density at radius 3 is 2.59 bits per heavy atom. The molecule has 1 heterocycles. The van der Waals surface area contributed by atoms with E-state index in [0.29, 0.717) is 6.54 Å². The van der Waals surface area contributed by atoms with Gasteiger partial charge in [0.05, 0.1) is 12.8 Å². The van der Waals surface area contributed by atoms with Gasteiger partial charge in [0.2, 0.25) is 0 Å². The molecule has 0 saturated carbocycles. The van der Waals surface area contributed by atoms with Crippen LogP contribution >= 0.6 is 11.8 Å². The average Bonchev–Trinajstić information content (AvgIpc) is 3.33. The summed E-state index contributed by atoms with van der Waals surface area (Å²) in [5.74, 6) is 0.676. The number of hydrogen-bond donors (Lipinski definition) is 1. The van der Waals surface area contributed by atoms with Gasteiger partial charge in [0.15, 0.2) is 0 Å². The molecule has 2 nitrogen and oxygen atoms in total. The van der Waals surface area contributed by atoms with Crippen molar-refractivity contribution in [2.75, 3.05) is 6.26 Å². The predicted molar refractivity (Wildman–Crippen MR) is 120 cm³/mol. The van der Waals surface area contributed by atoms with Crippen LogP contribution in [0.25, 0.3) is 17.2 Å². The van der Waals surface area contributed by atoms with Gasteiger partial charge in [-0.3, -0.25) is 0 Å². The maximum atomic E-state index is 14.1. The van der Waals surface area contributed by atoms with E-state index >= 15 is 0 Å². The molecule has 0 bridgehead atoms. The van der Waals surface area contributed by atoms with Crippen LogP contribution < -0.4 is 5.32 Å². The maximum Gasteiger partial charge on any atom is 0.123 e. The van der Waals surface area contributed by atoms with Crippen molar-refractivity contribution in [3.05, 3.63) is 94.7 Å². The van der Waals surface area contributed by atoms with E-state index in [9.17, 15) is 4.39 Å². The first-order chi connectivity index (χ1) is 14.1. The molecule has 1 atom stereocenters. The SMILES string of the molecule is CSc1ccc(/C=C2/C(C)=C(C(C)NCc3ccco3)c3cc(F)ccc32)cc1. The predicted octanol–water partition coefficient (Wildman–Crippen LogP) is 6.65. The normalized spacial score (nSPS) is 15.8. The molecule has 1 N–H and O–H groups in total. The van der Waals surface area contributed by atoms with Gasteiger partial charge < -0.3 is 9.73 Å². The Kier molecular flexibility index (Phi) is 5.74. The van der Waals surface area contributed by atoms with Gasteiger partial charge in [0.25, 0.3) is 0 Å². The maximum absolute atomic E-state index is 14.1. The highest BCUT2D eigenvalue weighted by Gasteiger charge is 2.27. The number of rotatable bonds is 6. The van der Waals surface area contributed by atoms with Crippen molar-refractivity contribution in [2.45, 2.75) is 31.3 Å². The van der Waals surface area contributed by atoms with E-state index in [1.807, 2.05) is 18.2 Å². The van der Waals surface area contributed by atoms with Crippen LogP contribution in [-0.2, 0) is 6.54 Å². The first-order valence-corrected chi connectivity index (χ1v) is 10.9. The Balaban J connectivity index is 1.70. The lowest BCUT2D eigenvalue weighted by atomic mass is 9.99. The van der Waals surface area contributed by atoms with E-state index in [1.54, 1.807) is 30.2 Å². The average molecular weight is 406 g/mol. The summed E-state index contributed by atoms with van der Waals surface area (Å²) in [5, 5.41) is 3.51. The van der Waals surface area contributed by atoms with Crippen LogP contribution in [0.4, 0.5) is 4.39 Å². The second-order valence-electron chi connectivity index (χ2n) is 7.24. The number of allylic oxidation sites excluding steroid dienone is 2. The molecule has 0 aliphatic heterocycles. The smallest absolute Gasteiger partial charge is 0.123 e. The Bertz CT molecular complexity index is 1060. The molecule has 0 radical (unpaired) electrons. The Hall–Kier alpha value is -2.56. The standard InChI is InChI=1S/C25H24FNOS/c1-16-23(13-18-6-9-21(29-3)10-7-18)22-11-8-19(26)14-24(22)25(16)17(2)27-15-20-5-4-12-28-20/h4-14,17,27H,15H2,1-3H3/b23-13-. The second kappa shape index (κ2) is 8.44. The van der Waals surface area contributed by atoms with Crippen LogP contribution in [0.1, 0.15) is 36.3 Å². The second-order valence-corrected chi connectivity index (χ2v) is 8.12. The molecule has 0 fully saturated rings. The summed E-state index contributed by atoms with van der Waals surface area (Å²) in [4.78, 5) is 1.24. The van der Waals surface area contributed by atoms with Crippen molar-refractivity contribution in [3.8, 4) is 0 Å². The lowest BCUT2D eigenvalue weighted by Crippen LogP contribution is -2.26. The number of nitrogens with one attached hydrogen (secondary N) is 1. The molecule has 1 aliphatic rings. The van der Waals surface area contributed by atoms with Crippen LogP contribution in [0, 0.1) is 5.82 Å². The Morgan fingerprint density at radius 1 is 1.10 bits per heavy atom. The first-order valence-electron chi connectivity index (χ1n) is 9.70. The number of halogens is 1. The summed E-state index contributed by atoms with van der Waals surface area (Å²) in [7, 11) is 0. The number of furan rings is 1. The largest absolute Gasteiger partial charge is 0.468 e. The van der Waals surface area contributed by atoms with Crippen molar-refractivity contribution in [1.82, 2.24) is 5.32 Å². The first kappa shape index (κ1) is 19.7. The molecule has 1 aliphatic carbocycles. The third kappa shape index (κ3) is 4.09. The van der Waals surface area contributed by atoms with Crippen LogP contribution in [0.5, 0.6) is 0 Å². The van der Waals surface area contributed by atoms with Gasteiger partial charge >= 0.3 is 0 Å². The summed E-state index contributed by atoms with van der Waals surface area (Å²) in [6.45, 7) is 4.87. The highest BCUT2D eigenvalue weighted by Crippen LogP contribution is 2.43. The summed E-state index contributed by atoms with van der Waals surface area (Å²) < 4.78 is 19.5. The van der Waals surface area contributed by atoms with Gasteiger partial charge in [-0.25, -0.2) is 4.39 Å². The van der Waals surface area contributed by atoms with Crippen molar-refractivity contribution >= 4 is 29.0 Å². The summed E-state index contributed by atoms with van der Waals surface area (Å²) >= 11 is 1.73. The minimum atomic E-state index is -0.210. The molecule has 4 heteroatoms. The van der Waals surface area contributed by atoms with Crippen LogP contribution in [0.15, 0.2) is 75.7 Å². The fourth-order valence-electron chi connectivity index (χ4n) is 3.90. The van der Waals surface area contributed by atoms with E-state index in [1.165, 1.54) is 10.5 Å². The molecule has 0 amide bonds. The van der Waals surface area contributed by atoms with Crippen molar-refractivity contribution in [1.29, 1.82) is 0 Å². The lowest BCUT2D eigenvalue weighted by molar-refractivity contribution is 0.476. The fraction of sp³-hybridized carbons (Fsp3) is 0.200. The third-order valence-electron chi connectivity index (χ3n) is 5.39. The lowest BCUT2D eigenvalue weighted by Gasteiger charge is -2.17. The highest BCUT2D eigenvalue weighted by atomic mass is 32.2. The molecule has 0 saturated heterocycles. The van der Waals surface area contributed by atoms with Gasteiger partial charge in [-0.2, -0.15) is 0 Å². The molecule has 4 rings (SSSR count). The number of hydrogen-bond acceptors (Lipinski definition) is 3. The molecular formula is C25H24FNOS. The number of thioether (sulfide) groups is 1. The Morgan fingerprint density at radius 2 is 1.90 bits per heavy atom.